The number of nitrogens with zero attached hydrogens (tertiary/aromatic N) is 3. The lowest BCUT2D eigenvalue weighted by molar-refractivity contribution is 0.0991. The van der Waals surface area contributed by atoms with Gasteiger partial charge in [-0.2, -0.15) is 0 Å². The molecule has 1 amide bonds. The smallest absolute Gasteiger partial charge is 0.259 e. The van der Waals surface area contributed by atoms with Crippen LogP contribution in [0.25, 0.3) is 22.4 Å². The van der Waals surface area contributed by atoms with Crippen LogP contribution < -0.4 is 4.90 Å². The number of para-hydroxylation sites is 1. The highest BCUT2D eigenvalue weighted by Crippen LogP contribution is 2.33. The van der Waals surface area contributed by atoms with Crippen molar-refractivity contribution in [3.8, 4) is 11.3 Å². The number of hydrogen-bond acceptors (Lipinski definition) is 4. The van der Waals surface area contributed by atoms with Gasteiger partial charge < -0.3 is 9.42 Å². The second-order valence-electron chi connectivity index (χ2n) is 7.20. The van der Waals surface area contributed by atoms with Crippen molar-refractivity contribution in [2.24, 2.45) is 0 Å². The fourth-order valence-electron chi connectivity index (χ4n) is 3.83. The molecule has 138 valence electrons. The Hall–Kier alpha value is -3.47. The van der Waals surface area contributed by atoms with Gasteiger partial charge in [-0.3, -0.25) is 4.79 Å². The van der Waals surface area contributed by atoms with Gasteiger partial charge in [-0.25, -0.2) is 4.98 Å². The van der Waals surface area contributed by atoms with Crippen molar-refractivity contribution in [1.82, 2.24) is 10.1 Å². The first-order chi connectivity index (χ1) is 13.6. The topological polar surface area (TPSA) is 59.2 Å². The Morgan fingerprint density at radius 1 is 1.07 bits per heavy atom. The molecule has 0 fully saturated rings. The maximum Gasteiger partial charge on any atom is 0.259 e. The Morgan fingerprint density at radius 2 is 1.86 bits per heavy atom. The molecular formula is C23H19N3O2. The first-order valence-corrected chi connectivity index (χ1v) is 9.35. The number of carbonyl (C=O) groups excluding carboxylic acids is 1. The number of rotatable bonds is 2. The van der Waals surface area contributed by atoms with Crippen LogP contribution in [0.1, 0.15) is 27.2 Å². The molecule has 2 aromatic heterocycles. The lowest BCUT2D eigenvalue weighted by Gasteiger charge is -2.18. The number of carbonyl (C=O) groups is 1. The highest BCUT2D eigenvalue weighted by molar-refractivity contribution is 6.14. The van der Waals surface area contributed by atoms with Gasteiger partial charge in [0.15, 0.2) is 0 Å². The summed E-state index contributed by atoms with van der Waals surface area (Å²) in [5.74, 6) is -0.0444. The maximum atomic E-state index is 13.5. The number of anilines is 1. The second-order valence-corrected chi connectivity index (χ2v) is 7.20. The van der Waals surface area contributed by atoms with Crippen LogP contribution in [0.4, 0.5) is 5.69 Å². The summed E-state index contributed by atoms with van der Waals surface area (Å²) in [6.45, 7) is 4.56. The molecule has 1 aliphatic rings. The molecule has 0 spiro atoms. The number of aromatic nitrogens is 2. The van der Waals surface area contributed by atoms with E-state index in [1.54, 1.807) is 0 Å². The summed E-state index contributed by atoms with van der Waals surface area (Å²) in [4.78, 5) is 20.0. The normalized spacial score (nSPS) is 13.1. The monoisotopic (exact) mass is 369 g/mol. The van der Waals surface area contributed by atoms with Crippen molar-refractivity contribution in [2.45, 2.75) is 20.3 Å². The Labute approximate surface area is 162 Å². The fourth-order valence-corrected chi connectivity index (χ4v) is 3.83. The molecular weight excluding hydrogens is 350 g/mol. The van der Waals surface area contributed by atoms with Crippen LogP contribution >= 0.6 is 0 Å². The lowest BCUT2D eigenvalue weighted by Crippen LogP contribution is -2.29. The molecule has 0 saturated heterocycles. The molecule has 0 atom stereocenters. The van der Waals surface area contributed by atoms with Gasteiger partial charge in [-0.1, -0.05) is 53.2 Å². The van der Waals surface area contributed by atoms with Crippen molar-refractivity contribution in [3.63, 3.8) is 0 Å². The number of fused-ring (bicyclic) bond motifs is 2. The summed E-state index contributed by atoms with van der Waals surface area (Å²) in [5, 5.41) is 4.74. The molecule has 28 heavy (non-hydrogen) atoms. The molecule has 5 nitrogen and oxygen atoms in total. The van der Waals surface area contributed by atoms with Gasteiger partial charge in [0.2, 0.25) is 0 Å². The van der Waals surface area contributed by atoms with Crippen molar-refractivity contribution >= 4 is 22.7 Å². The highest BCUT2D eigenvalue weighted by Gasteiger charge is 2.28. The molecule has 0 aliphatic carbocycles. The average Bonchev–Trinajstić information content (AvgIpc) is 3.31. The van der Waals surface area contributed by atoms with Gasteiger partial charge >= 0.3 is 0 Å². The van der Waals surface area contributed by atoms with E-state index >= 15 is 0 Å². The third-order valence-electron chi connectivity index (χ3n) is 5.33. The van der Waals surface area contributed by atoms with Gasteiger partial charge in [-0.15, -0.1) is 0 Å². The zero-order valence-corrected chi connectivity index (χ0v) is 15.8. The molecule has 5 heteroatoms. The minimum absolute atomic E-state index is 0.0444. The summed E-state index contributed by atoms with van der Waals surface area (Å²) < 4.78 is 5.43. The summed E-state index contributed by atoms with van der Waals surface area (Å²) in [6, 6.07) is 18.0. The fraction of sp³-hybridized carbons (Fsp3) is 0.174. The highest BCUT2D eigenvalue weighted by atomic mass is 16.5. The summed E-state index contributed by atoms with van der Waals surface area (Å²) in [6.07, 6.45) is 0.865. The first-order valence-electron chi connectivity index (χ1n) is 9.35. The predicted molar refractivity (Wildman–Crippen MR) is 109 cm³/mol. The second kappa shape index (κ2) is 6.30. The van der Waals surface area contributed by atoms with Crippen LogP contribution in [-0.2, 0) is 6.42 Å². The minimum Gasteiger partial charge on any atom is -0.335 e. The first kappa shape index (κ1) is 16.7. The van der Waals surface area contributed by atoms with E-state index in [1.807, 2.05) is 67.3 Å². The number of amides is 1. The van der Waals surface area contributed by atoms with Crippen LogP contribution in [-0.4, -0.2) is 22.6 Å². The third kappa shape index (κ3) is 2.59. The van der Waals surface area contributed by atoms with E-state index in [0.29, 0.717) is 34.6 Å². The lowest BCUT2D eigenvalue weighted by atomic mass is 10.0. The molecule has 0 bridgehead atoms. The van der Waals surface area contributed by atoms with Gasteiger partial charge in [0.05, 0.1) is 22.3 Å². The Kier molecular flexibility index (Phi) is 3.76. The minimum atomic E-state index is -0.0444. The Balaban J connectivity index is 1.67. The van der Waals surface area contributed by atoms with Crippen LogP contribution in [0.2, 0.25) is 0 Å². The van der Waals surface area contributed by atoms with Crippen LogP contribution in [0, 0.1) is 13.8 Å². The van der Waals surface area contributed by atoms with Crippen LogP contribution in [0.15, 0.2) is 59.1 Å². The molecule has 5 rings (SSSR count). The number of benzene rings is 2. The summed E-state index contributed by atoms with van der Waals surface area (Å²) in [5.41, 5.74) is 6.64. The van der Waals surface area contributed by atoms with Crippen LogP contribution in [0.3, 0.4) is 0 Å². The van der Waals surface area contributed by atoms with E-state index in [4.69, 9.17) is 4.52 Å². The molecule has 0 saturated carbocycles. The Bertz CT molecular complexity index is 1210. The number of aryl methyl sites for hydroxylation is 2. The van der Waals surface area contributed by atoms with E-state index in [1.165, 1.54) is 11.1 Å². The molecule has 2 aromatic carbocycles. The van der Waals surface area contributed by atoms with E-state index < -0.39 is 0 Å². The van der Waals surface area contributed by atoms with Crippen molar-refractivity contribution in [3.05, 3.63) is 77.0 Å². The largest absolute Gasteiger partial charge is 0.335 e. The standard InChI is InChI=1S/C23H19N3O2/c1-14-7-9-16(10-8-14)19-13-18(21-15(2)25-28-22(21)24-19)23(27)26-12-11-17-5-3-4-6-20(17)26/h3-10,13H,11-12H2,1-2H3. The van der Waals surface area contributed by atoms with Crippen molar-refractivity contribution in [1.29, 1.82) is 0 Å². The van der Waals surface area contributed by atoms with Gasteiger partial charge in [0.25, 0.3) is 11.6 Å². The predicted octanol–water partition coefficient (Wildman–Crippen LogP) is 4.71. The Morgan fingerprint density at radius 3 is 2.68 bits per heavy atom. The maximum absolute atomic E-state index is 13.5. The number of pyridine rings is 1. The molecule has 3 heterocycles. The van der Waals surface area contributed by atoms with E-state index in [2.05, 4.69) is 16.2 Å². The average molecular weight is 369 g/mol. The van der Waals surface area contributed by atoms with Crippen LogP contribution in [0.5, 0.6) is 0 Å². The molecule has 0 radical (unpaired) electrons. The van der Waals surface area contributed by atoms with Crippen molar-refractivity contribution in [2.75, 3.05) is 11.4 Å². The zero-order valence-electron chi connectivity index (χ0n) is 15.8. The van der Waals surface area contributed by atoms with E-state index in [-0.39, 0.29) is 5.91 Å². The van der Waals surface area contributed by atoms with Crippen molar-refractivity contribution < 1.29 is 9.32 Å². The van der Waals surface area contributed by atoms with Gasteiger partial charge in [-0.05, 0) is 38.0 Å². The van der Waals surface area contributed by atoms with E-state index in [9.17, 15) is 4.79 Å². The molecule has 1 aliphatic heterocycles. The number of hydrogen-bond donors (Lipinski definition) is 0. The molecule has 0 unspecified atom stereocenters. The molecule has 0 N–H and O–H groups in total. The summed E-state index contributed by atoms with van der Waals surface area (Å²) >= 11 is 0. The SMILES string of the molecule is Cc1ccc(-c2cc(C(=O)N3CCc4ccccc43)c3c(C)noc3n2)cc1. The summed E-state index contributed by atoms with van der Waals surface area (Å²) in [7, 11) is 0. The third-order valence-corrected chi connectivity index (χ3v) is 5.33. The quantitative estimate of drug-likeness (QED) is 0.513. The van der Waals surface area contributed by atoms with Gasteiger partial charge in [0, 0.05) is 17.8 Å². The van der Waals surface area contributed by atoms with E-state index in [0.717, 1.165) is 17.7 Å². The van der Waals surface area contributed by atoms with Gasteiger partial charge in [0.1, 0.15) is 0 Å². The zero-order chi connectivity index (χ0) is 19.3. The molecule has 4 aromatic rings.